The molecule has 4 N–H and O–H groups in total. The summed E-state index contributed by atoms with van der Waals surface area (Å²) in [6, 6.07) is 7.70. The molecule has 0 aromatic heterocycles. The molecule has 1 saturated carbocycles. The Balaban J connectivity index is 1.44. The van der Waals surface area contributed by atoms with Gasteiger partial charge < -0.3 is 21.3 Å². The molecule has 1 aliphatic carbocycles. The Labute approximate surface area is 161 Å². The summed E-state index contributed by atoms with van der Waals surface area (Å²) in [5, 5.41) is 5.81. The number of rotatable bonds is 4. The molecule has 3 atom stereocenters. The van der Waals surface area contributed by atoms with Crippen LogP contribution in [0, 0.1) is 18.8 Å². The lowest BCUT2D eigenvalue weighted by molar-refractivity contribution is -0.138. The molecule has 1 heterocycles. The first-order chi connectivity index (χ1) is 13.0. The molecular weight excluding hydrogens is 340 g/mol. The molecule has 3 unspecified atom stereocenters. The summed E-state index contributed by atoms with van der Waals surface area (Å²) in [6.45, 7) is 4.17. The second kappa shape index (κ2) is 9.22. The van der Waals surface area contributed by atoms with Crippen molar-refractivity contribution in [1.82, 2.24) is 10.2 Å². The van der Waals surface area contributed by atoms with Crippen molar-refractivity contribution in [2.24, 2.45) is 17.6 Å². The van der Waals surface area contributed by atoms with Crippen LogP contribution in [-0.4, -0.2) is 42.5 Å². The van der Waals surface area contributed by atoms with Gasteiger partial charge in [-0.2, -0.15) is 0 Å². The number of benzene rings is 1. The van der Waals surface area contributed by atoms with Crippen molar-refractivity contribution >= 4 is 17.6 Å². The lowest BCUT2D eigenvalue weighted by Gasteiger charge is -2.36. The maximum Gasteiger partial charge on any atom is 0.319 e. The summed E-state index contributed by atoms with van der Waals surface area (Å²) in [6.07, 6.45) is 5.90. The molecule has 1 aromatic rings. The van der Waals surface area contributed by atoms with Gasteiger partial charge in [-0.1, -0.05) is 24.1 Å². The first kappa shape index (κ1) is 19.7. The van der Waals surface area contributed by atoms with Crippen LogP contribution in [0.5, 0.6) is 0 Å². The lowest BCUT2D eigenvalue weighted by Crippen LogP contribution is -2.47. The number of nitrogens with zero attached hydrogens (tertiary/aromatic N) is 1. The molecule has 6 heteroatoms. The van der Waals surface area contributed by atoms with Crippen LogP contribution < -0.4 is 16.4 Å². The highest BCUT2D eigenvalue weighted by atomic mass is 16.2. The van der Waals surface area contributed by atoms with Crippen LogP contribution in [-0.2, 0) is 4.79 Å². The Morgan fingerprint density at radius 1 is 1.15 bits per heavy atom. The Bertz CT molecular complexity index is 646. The predicted molar refractivity (Wildman–Crippen MR) is 107 cm³/mol. The van der Waals surface area contributed by atoms with E-state index in [4.69, 9.17) is 5.73 Å². The van der Waals surface area contributed by atoms with Gasteiger partial charge in [0, 0.05) is 37.3 Å². The first-order valence-corrected chi connectivity index (χ1v) is 10.2. The van der Waals surface area contributed by atoms with E-state index in [1.165, 1.54) is 0 Å². The maximum atomic E-state index is 12.8. The number of likely N-dealkylation sites (tertiary alicyclic amines) is 1. The number of carbonyl (C=O) groups is 2. The third-order valence-electron chi connectivity index (χ3n) is 5.76. The molecular formula is C21H32N4O2. The van der Waals surface area contributed by atoms with Gasteiger partial charge in [0.2, 0.25) is 5.91 Å². The molecule has 148 valence electrons. The number of amides is 3. The van der Waals surface area contributed by atoms with Gasteiger partial charge in [-0.3, -0.25) is 4.79 Å². The standard InChI is InChI=1S/C21H32N4O2/c1-15-7-9-19(10-8-15)24-21(27)23-13-16-4-3-11-25(14-16)20(26)17-5-2-6-18(22)12-17/h7-10,16-18H,2-6,11-14,22H2,1H3,(H2,23,24,27). The van der Waals surface area contributed by atoms with Gasteiger partial charge in [0.1, 0.15) is 0 Å². The monoisotopic (exact) mass is 372 g/mol. The number of carbonyl (C=O) groups excluding carboxylic acids is 2. The second-order valence-corrected chi connectivity index (χ2v) is 8.12. The van der Waals surface area contributed by atoms with E-state index in [1.54, 1.807) is 0 Å². The topological polar surface area (TPSA) is 87.5 Å². The zero-order valence-corrected chi connectivity index (χ0v) is 16.2. The van der Waals surface area contributed by atoms with Crippen LogP contribution in [0.2, 0.25) is 0 Å². The number of nitrogens with one attached hydrogen (secondary N) is 2. The highest BCUT2D eigenvalue weighted by molar-refractivity contribution is 5.89. The highest BCUT2D eigenvalue weighted by Crippen LogP contribution is 2.27. The molecule has 0 spiro atoms. The van der Waals surface area contributed by atoms with E-state index >= 15 is 0 Å². The third kappa shape index (κ3) is 5.70. The fraction of sp³-hybridized carbons (Fsp3) is 0.619. The number of anilines is 1. The molecule has 3 amide bonds. The van der Waals surface area contributed by atoms with Gasteiger partial charge in [-0.15, -0.1) is 0 Å². The summed E-state index contributed by atoms with van der Waals surface area (Å²) >= 11 is 0. The quantitative estimate of drug-likeness (QED) is 0.759. The van der Waals surface area contributed by atoms with Gasteiger partial charge in [0.15, 0.2) is 0 Å². The van der Waals surface area contributed by atoms with Crippen LogP contribution >= 0.6 is 0 Å². The molecule has 0 radical (unpaired) electrons. The van der Waals surface area contributed by atoms with Gasteiger partial charge in [0.25, 0.3) is 0 Å². The van der Waals surface area contributed by atoms with Crippen LogP contribution in [0.1, 0.15) is 44.1 Å². The number of hydrogen-bond donors (Lipinski definition) is 3. The van der Waals surface area contributed by atoms with Crippen molar-refractivity contribution in [2.45, 2.75) is 51.5 Å². The zero-order chi connectivity index (χ0) is 19.2. The van der Waals surface area contributed by atoms with Gasteiger partial charge in [-0.25, -0.2) is 4.79 Å². The smallest absolute Gasteiger partial charge is 0.319 e. The van der Waals surface area contributed by atoms with E-state index < -0.39 is 0 Å². The second-order valence-electron chi connectivity index (χ2n) is 8.12. The summed E-state index contributed by atoms with van der Waals surface area (Å²) in [7, 11) is 0. The number of aryl methyl sites for hydroxylation is 1. The van der Waals surface area contributed by atoms with E-state index in [-0.39, 0.29) is 23.9 Å². The fourth-order valence-electron chi connectivity index (χ4n) is 4.19. The molecule has 3 rings (SSSR count). The van der Waals surface area contributed by atoms with E-state index in [0.29, 0.717) is 12.5 Å². The fourth-order valence-corrected chi connectivity index (χ4v) is 4.19. The third-order valence-corrected chi connectivity index (χ3v) is 5.76. The van der Waals surface area contributed by atoms with Gasteiger partial charge >= 0.3 is 6.03 Å². The molecule has 1 aromatic carbocycles. The summed E-state index contributed by atoms with van der Waals surface area (Å²) in [5.74, 6) is 0.660. The first-order valence-electron chi connectivity index (χ1n) is 10.2. The van der Waals surface area contributed by atoms with Crippen molar-refractivity contribution in [1.29, 1.82) is 0 Å². The van der Waals surface area contributed by atoms with E-state index in [1.807, 2.05) is 36.1 Å². The number of nitrogens with two attached hydrogens (primary N) is 1. The minimum atomic E-state index is -0.194. The van der Waals surface area contributed by atoms with Crippen LogP contribution in [0.4, 0.5) is 10.5 Å². The Morgan fingerprint density at radius 3 is 2.67 bits per heavy atom. The van der Waals surface area contributed by atoms with Crippen LogP contribution in [0.15, 0.2) is 24.3 Å². The van der Waals surface area contributed by atoms with Crippen molar-refractivity contribution in [3.8, 4) is 0 Å². The predicted octanol–water partition coefficient (Wildman–Crippen LogP) is 2.87. The molecule has 1 aliphatic heterocycles. The minimum absolute atomic E-state index is 0.0882. The van der Waals surface area contributed by atoms with Crippen LogP contribution in [0.25, 0.3) is 0 Å². The zero-order valence-electron chi connectivity index (χ0n) is 16.2. The van der Waals surface area contributed by atoms with Crippen molar-refractivity contribution < 1.29 is 9.59 Å². The molecule has 2 fully saturated rings. The van der Waals surface area contributed by atoms with Crippen LogP contribution in [0.3, 0.4) is 0 Å². The van der Waals surface area contributed by atoms with E-state index in [9.17, 15) is 9.59 Å². The largest absolute Gasteiger partial charge is 0.342 e. The van der Waals surface area contributed by atoms with Crippen molar-refractivity contribution in [3.05, 3.63) is 29.8 Å². The Hall–Kier alpha value is -2.08. The average molecular weight is 373 g/mol. The molecule has 1 saturated heterocycles. The number of urea groups is 1. The Kier molecular flexibility index (Phi) is 6.72. The maximum absolute atomic E-state index is 12.8. The average Bonchev–Trinajstić information content (AvgIpc) is 2.68. The minimum Gasteiger partial charge on any atom is -0.342 e. The highest BCUT2D eigenvalue weighted by Gasteiger charge is 2.31. The van der Waals surface area contributed by atoms with Gasteiger partial charge in [-0.05, 0) is 57.1 Å². The van der Waals surface area contributed by atoms with Gasteiger partial charge in [0.05, 0.1) is 0 Å². The summed E-state index contributed by atoms with van der Waals surface area (Å²) in [5.41, 5.74) is 7.99. The molecule has 2 aliphatic rings. The Morgan fingerprint density at radius 2 is 1.93 bits per heavy atom. The van der Waals surface area contributed by atoms with Crippen molar-refractivity contribution in [2.75, 3.05) is 25.0 Å². The molecule has 6 nitrogen and oxygen atoms in total. The summed E-state index contributed by atoms with van der Waals surface area (Å²) < 4.78 is 0. The van der Waals surface area contributed by atoms with E-state index in [0.717, 1.165) is 62.9 Å². The summed E-state index contributed by atoms with van der Waals surface area (Å²) in [4.78, 5) is 26.9. The SMILES string of the molecule is Cc1ccc(NC(=O)NCC2CCCN(C(=O)C3CCCC(N)C3)C2)cc1. The van der Waals surface area contributed by atoms with Crippen molar-refractivity contribution in [3.63, 3.8) is 0 Å². The normalized spacial score (nSPS) is 25.7. The molecule has 0 bridgehead atoms. The number of hydrogen-bond acceptors (Lipinski definition) is 3. The number of piperidine rings is 1. The molecule has 27 heavy (non-hydrogen) atoms. The van der Waals surface area contributed by atoms with E-state index in [2.05, 4.69) is 10.6 Å². The lowest BCUT2D eigenvalue weighted by atomic mass is 9.84.